The fourth-order valence-electron chi connectivity index (χ4n) is 1.57. The lowest BCUT2D eigenvalue weighted by Gasteiger charge is -2.33. The van der Waals surface area contributed by atoms with Gasteiger partial charge in [0.2, 0.25) is 5.91 Å². The molecule has 1 heterocycles. The van der Waals surface area contributed by atoms with Crippen molar-refractivity contribution >= 4 is 17.8 Å². The molecule has 84 valence electrons. The van der Waals surface area contributed by atoms with Gasteiger partial charge in [0.05, 0.1) is 7.11 Å². The lowest BCUT2D eigenvalue weighted by molar-refractivity contribution is -0.161. The zero-order valence-electron chi connectivity index (χ0n) is 8.78. The molecule has 1 atom stereocenters. The highest BCUT2D eigenvalue weighted by molar-refractivity contribution is 6.32. The summed E-state index contributed by atoms with van der Waals surface area (Å²) < 4.78 is 4.33. The molecule has 0 radical (unpaired) electrons. The van der Waals surface area contributed by atoms with Gasteiger partial charge in [0, 0.05) is 13.1 Å². The fraction of sp³-hybridized carbons (Fsp3) is 0.667. The highest BCUT2D eigenvalue weighted by atomic mass is 16.5. The average molecular weight is 214 g/mol. The minimum atomic E-state index is -0.928. The lowest BCUT2D eigenvalue weighted by atomic mass is 10.1. The normalized spacial score (nSPS) is 20.8. The summed E-state index contributed by atoms with van der Waals surface area (Å²) in [6.45, 7) is 2.50. The third kappa shape index (κ3) is 2.26. The second kappa shape index (κ2) is 4.77. The van der Waals surface area contributed by atoms with Gasteiger partial charge in [-0.1, -0.05) is 6.92 Å². The largest absolute Gasteiger partial charge is 0.462 e. The van der Waals surface area contributed by atoms with E-state index in [0.29, 0.717) is 19.5 Å². The number of methoxy groups -OCH3 is 1. The van der Waals surface area contributed by atoms with Crippen LogP contribution in [0.15, 0.2) is 0 Å². The predicted molar refractivity (Wildman–Crippen MR) is 50.8 cm³/mol. The van der Waals surface area contributed by atoms with Crippen LogP contribution in [-0.2, 0) is 19.1 Å². The Hall–Kier alpha value is -1.59. The van der Waals surface area contributed by atoms with Crippen molar-refractivity contribution in [3.05, 3.63) is 0 Å². The van der Waals surface area contributed by atoms with Crippen molar-refractivity contribution in [1.29, 1.82) is 0 Å². The number of rotatable bonds is 1. The van der Waals surface area contributed by atoms with Crippen molar-refractivity contribution < 1.29 is 19.1 Å². The summed E-state index contributed by atoms with van der Waals surface area (Å²) in [5, 5.41) is 2.64. The lowest BCUT2D eigenvalue weighted by Crippen LogP contribution is -2.58. The zero-order chi connectivity index (χ0) is 11.4. The van der Waals surface area contributed by atoms with E-state index in [0.717, 1.165) is 7.11 Å². The van der Waals surface area contributed by atoms with E-state index in [1.807, 2.05) is 0 Å². The Labute approximate surface area is 87.6 Å². The second-order valence-corrected chi connectivity index (χ2v) is 3.21. The first-order valence-electron chi connectivity index (χ1n) is 4.78. The molecule has 2 amide bonds. The van der Waals surface area contributed by atoms with Gasteiger partial charge in [-0.3, -0.25) is 9.59 Å². The molecule has 15 heavy (non-hydrogen) atoms. The molecule has 6 heteroatoms. The number of carbonyl (C=O) groups is 3. The maximum Gasteiger partial charge on any atom is 0.396 e. The molecule has 0 aromatic heterocycles. The van der Waals surface area contributed by atoms with Crippen molar-refractivity contribution in [3.63, 3.8) is 0 Å². The summed E-state index contributed by atoms with van der Waals surface area (Å²) in [5.41, 5.74) is 0. The number of carbonyl (C=O) groups excluding carboxylic acids is 3. The highest BCUT2D eigenvalue weighted by Gasteiger charge is 2.34. The molecule has 1 fully saturated rings. The number of amides is 2. The van der Waals surface area contributed by atoms with E-state index in [2.05, 4.69) is 10.1 Å². The van der Waals surface area contributed by atoms with Gasteiger partial charge < -0.3 is 15.0 Å². The molecular weight excluding hydrogens is 200 g/mol. The predicted octanol–water partition coefficient (Wildman–Crippen LogP) is -1.10. The monoisotopic (exact) mass is 214 g/mol. The van der Waals surface area contributed by atoms with E-state index in [-0.39, 0.29) is 5.91 Å². The molecular formula is C9H14N2O4. The maximum atomic E-state index is 11.5. The van der Waals surface area contributed by atoms with Crippen LogP contribution in [0.4, 0.5) is 0 Å². The van der Waals surface area contributed by atoms with Crippen LogP contribution in [0, 0.1) is 0 Å². The van der Waals surface area contributed by atoms with Crippen LogP contribution in [0.3, 0.4) is 0 Å². The molecule has 1 N–H and O–H groups in total. The molecule has 0 spiro atoms. The molecule has 1 aliphatic rings. The minimum Gasteiger partial charge on any atom is -0.462 e. The molecule has 0 bridgehead atoms. The molecule has 0 saturated carbocycles. The van der Waals surface area contributed by atoms with Crippen LogP contribution in [0.1, 0.15) is 13.3 Å². The molecule has 6 nitrogen and oxygen atoms in total. The molecule has 1 unspecified atom stereocenters. The standard InChI is InChI=1S/C9H14N2O4/c1-3-6-7(12)10-4-5-11(6)8(13)9(14)15-2/h6H,3-5H2,1-2H3,(H,10,12). The molecule has 0 aliphatic carbocycles. The molecule has 1 rings (SSSR count). The van der Waals surface area contributed by atoms with E-state index in [4.69, 9.17) is 0 Å². The van der Waals surface area contributed by atoms with Gasteiger partial charge in [-0.2, -0.15) is 0 Å². The van der Waals surface area contributed by atoms with Gasteiger partial charge in [-0.05, 0) is 6.42 Å². The van der Waals surface area contributed by atoms with E-state index in [1.165, 1.54) is 4.90 Å². The SMILES string of the molecule is CCC1C(=O)NCCN1C(=O)C(=O)OC. The number of esters is 1. The Morgan fingerprint density at radius 2 is 2.27 bits per heavy atom. The Balaban J connectivity index is 2.78. The van der Waals surface area contributed by atoms with Gasteiger partial charge in [0.15, 0.2) is 0 Å². The summed E-state index contributed by atoms with van der Waals surface area (Å²) in [5.74, 6) is -1.90. The van der Waals surface area contributed by atoms with Crippen LogP contribution < -0.4 is 5.32 Å². The first kappa shape index (κ1) is 11.5. The summed E-state index contributed by atoms with van der Waals surface area (Å²) >= 11 is 0. The zero-order valence-corrected chi connectivity index (χ0v) is 8.78. The van der Waals surface area contributed by atoms with Crippen LogP contribution >= 0.6 is 0 Å². The molecule has 0 aromatic carbocycles. The third-order valence-electron chi connectivity index (χ3n) is 2.34. The molecule has 1 aliphatic heterocycles. The third-order valence-corrected chi connectivity index (χ3v) is 2.34. The van der Waals surface area contributed by atoms with E-state index in [9.17, 15) is 14.4 Å². The molecule has 1 saturated heterocycles. The van der Waals surface area contributed by atoms with E-state index in [1.54, 1.807) is 6.92 Å². The Bertz CT molecular complexity index is 290. The summed E-state index contributed by atoms with van der Waals surface area (Å²) in [7, 11) is 1.14. The number of nitrogens with zero attached hydrogens (tertiary/aromatic N) is 1. The van der Waals surface area contributed by atoms with Crippen molar-refractivity contribution in [2.45, 2.75) is 19.4 Å². The van der Waals surface area contributed by atoms with Gasteiger partial charge in [0.25, 0.3) is 0 Å². The highest BCUT2D eigenvalue weighted by Crippen LogP contribution is 2.09. The van der Waals surface area contributed by atoms with Gasteiger partial charge in [0.1, 0.15) is 6.04 Å². The Kier molecular flexibility index (Phi) is 3.65. The van der Waals surface area contributed by atoms with Crippen LogP contribution in [0.2, 0.25) is 0 Å². The number of ether oxygens (including phenoxy) is 1. The fourth-order valence-corrected chi connectivity index (χ4v) is 1.57. The summed E-state index contributed by atoms with van der Waals surface area (Å²) in [4.78, 5) is 35.2. The minimum absolute atomic E-state index is 0.221. The first-order chi connectivity index (χ1) is 7.11. The quantitative estimate of drug-likeness (QED) is 0.444. The summed E-state index contributed by atoms with van der Waals surface area (Å²) in [6, 6.07) is -0.564. The number of hydrogen-bond donors (Lipinski definition) is 1. The van der Waals surface area contributed by atoms with Crippen molar-refractivity contribution in [1.82, 2.24) is 10.2 Å². The second-order valence-electron chi connectivity index (χ2n) is 3.21. The van der Waals surface area contributed by atoms with Crippen molar-refractivity contribution in [3.8, 4) is 0 Å². The smallest absolute Gasteiger partial charge is 0.396 e. The van der Waals surface area contributed by atoms with E-state index >= 15 is 0 Å². The topological polar surface area (TPSA) is 75.7 Å². The average Bonchev–Trinajstić information content (AvgIpc) is 2.26. The van der Waals surface area contributed by atoms with Gasteiger partial charge in [-0.15, -0.1) is 0 Å². The number of piperazine rings is 1. The first-order valence-corrected chi connectivity index (χ1v) is 4.78. The van der Waals surface area contributed by atoms with Gasteiger partial charge in [-0.25, -0.2) is 4.79 Å². The van der Waals surface area contributed by atoms with Crippen molar-refractivity contribution in [2.24, 2.45) is 0 Å². The van der Waals surface area contributed by atoms with E-state index < -0.39 is 17.9 Å². The van der Waals surface area contributed by atoms with Crippen molar-refractivity contribution in [2.75, 3.05) is 20.2 Å². The number of hydrogen-bond acceptors (Lipinski definition) is 4. The Morgan fingerprint density at radius 3 is 2.80 bits per heavy atom. The molecule has 0 aromatic rings. The maximum absolute atomic E-state index is 11.5. The van der Waals surface area contributed by atoms with Crippen LogP contribution in [0.25, 0.3) is 0 Å². The Morgan fingerprint density at radius 1 is 1.60 bits per heavy atom. The van der Waals surface area contributed by atoms with Gasteiger partial charge >= 0.3 is 11.9 Å². The van der Waals surface area contributed by atoms with Crippen LogP contribution in [0.5, 0.6) is 0 Å². The van der Waals surface area contributed by atoms with Crippen LogP contribution in [-0.4, -0.2) is 48.9 Å². The summed E-state index contributed by atoms with van der Waals surface area (Å²) in [6.07, 6.45) is 0.481. The number of nitrogens with one attached hydrogen (secondary N) is 1.